The van der Waals surface area contributed by atoms with E-state index < -0.39 is 21.9 Å². The van der Waals surface area contributed by atoms with Gasteiger partial charge in [-0.25, -0.2) is 14.5 Å². The van der Waals surface area contributed by atoms with Gasteiger partial charge in [-0.05, 0) is 28.5 Å². The van der Waals surface area contributed by atoms with Crippen LogP contribution in [0.2, 0.25) is 0 Å². The maximum absolute atomic E-state index is 12.7. The Bertz CT molecular complexity index is 882. The average molecular weight is 393 g/mol. The molecule has 1 aromatic heterocycles. The van der Waals surface area contributed by atoms with Crippen LogP contribution < -0.4 is 20.5 Å². The highest BCUT2D eigenvalue weighted by Crippen LogP contribution is 2.30. The van der Waals surface area contributed by atoms with Gasteiger partial charge in [-0.2, -0.15) is 21.6 Å². The second-order valence-electron chi connectivity index (χ2n) is 4.91. The summed E-state index contributed by atoms with van der Waals surface area (Å²) in [6, 6.07) is 4.28. The number of benzene rings is 1. The number of amidine groups is 1. The topological polar surface area (TPSA) is 159 Å². The quantitative estimate of drug-likeness (QED) is 0.263. The van der Waals surface area contributed by atoms with Gasteiger partial charge >= 0.3 is 6.18 Å². The minimum absolute atomic E-state index is 0.00527. The van der Waals surface area contributed by atoms with Gasteiger partial charge in [-0.15, -0.1) is 0 Å². The number of nitrogens with two attached hydrogens (primary N) is 1. The summed E-state index contributed by atoms with van der Waals surface area (Å²) in [4.78, 5) is 0. The van der Waals surface area contributed by atoms with Crippen molar-refractivity contribution < 1.29 is 26.2 Å². The minimum Gasteiger partial charge on any atom is -0.364 e. The van der Waals surface area contributed by atoms with Crippen molar-refractivity contribution in [1.29, 1.82) is 5.41 Å². The van der Waals surface area contributed by atoms with Crippen molar-refractivity contribution in [3.63, 3.8) is 0 Å². The first-order chi connectivity index (χ1) is 12.1. The van der Waals surface area contributed by atoms with Gasteiger partial charge in [0.05, 0.1) is 5.56 Å². The first-order valence-corrected chi connectivity index (χ1v) is 8.48. The molecule has 0 saturated heterocycles. The van der Waals surface area contributed by atoms with Gasteiger partial charge in [0.1, 0.15) is 0 Å². The van der Waals surface area contributed by atoms with Crippen LogP contribution in [-0.2, 0) is 16.4 Å². The van der Waals surface area contributed by atoms with E-state index >= 15 is 0 Å². The van der Waals surface area contributed by atoms with Crippen molar-refractivity contribution >= 4 is 27.6 Å². The molecule has 10 nitrogen and oxygen atoms in total. The van der Waals surface area contributed by atoms with E-state index in [1.54, 1.807) is 0 Å². The number of alkyl halides is 3. The zero-order valence-corrected chi connectivity index (χ0v) is 13.8. The van der Waals surface area contributed by atoms with E-state index in [4.69, 9.17) is 10.5 Å². The smallest absolute Gasteiger partial charge is 0.364 e. The summed E-state index contributed by atoms with van der Waals surface area (Å²) in [5.74, 6) is -0.363. The molecule has 6 N–H and O–H groups in total. The van der Waals surface area contributed by atoms with Crippen LogP contribution in [0.4, 0.5) is 24.7 Å². The lowest BCUT2D eigenvalue weighted by Gasteiger charge is -2.10. The van der Waals surface area contributed by atoms with Crippen molar-refractivity contribution in [2.75, 3.05) is 23.7 Å². The summed E-state index contributed by atoms with van der Waals surface area (Å²) in [6.45, 7) is -0.0198. The van der Waals surface area contributed by atoms with E-state index in [9.17, 15) is 21.6 Å². The van der Waals surface area contributed by atoms with Crippen molar-refractivity contribution in [3.8, 4) is 0 Å². The molecular weight excluding hydrogens is 379 g/mol. The highest BCUT2D eigenvalue weighted by molar-refractivity contribution is 7.87. The molecule has 14 heteroatoms. The van der Waals surface area contributed by atoms with Gasteiger partial charge in [0.25, 0.3) is 10.2 Å². The molecule has 1 aromatic carbocycles. The van der Waals surface area contributed by atoms with Gasteiger partial charge in [-0.1, -0.05) is 6.07 Å². The van der Waals surface area contributed by atoms with Crippen molar-refractivity contribution in [3.05, 3.63) is 35.5 Å². The molecule has 0 aliphatic rings. The first-order valence-electron chi connectivity index (χ1n) is 6.93. The fraction of sp³-hybridized carbons (Fsp3) is 0.250. The van der Waals surface area contributed by atoms with E-state index in [-0.39, 0.29) is 36.1 Å². The maximum atomic E-state index is 12.7. The molecule has 26 heavy (non-hydrogen) atoms. The third-order valence-corrected chi connectivity index (χ3v) is 3.51. The van der Waals surface area contributed by atoms with Crippen LogP contribution in [0.25, 0.3) is 0 Å². The second kappa shape index (κ2) is 7.67. The number of nitrogens with zero attached hydrogens (tertiary/aromatic N) is 2. The number of hydrogen-bond donors (Lipinski definition) is 5. The summed E-state index contributed by atoms with van der Waals surface area (Å²) in [5, 5.41) is 24.8. The van der Waals surface area contributed by atoms with Gasteiger partial charge in [-0.3, -0.25) is 5.41 Å². The van der Waals surface area contributed by atoms with E-state index in [0.717, 1.165) is 12.1 Å². The summed E-state index contributed by atoms with van der Waals surface area (Å²) in [6.07, 6.45) is -4.52. The number of hydrogen-bond acceptors (Lipinski definition) is 7. The zero-order chi connectivity index (χ0) is 19.4. The Morgan fingerprint density at radius 1 is 1.27 bits per heavy atom. The molecule has 0 atom stereocenters. The third kappa shape index (κ3) is 5.68. The molecule has 0 aliphatic carbocycles. The average Bonchev–Trinajstić information content (AvgIpc) is 2.98. The summed E-state index contributed by atoms with van der Waals surface area (Å²) < 4.78 is 66.1. The van der Waals surface area contributed by atoms with E-state index in [0.29, 0.717) is 0 Å². The van der Waals surface area contributed by atoms with Crippen LogP contribution >= 0.6 is 0 Å². The number of rotatable bonds is 7. The van der Waals surface area contributed by atoms with Crippen molar-refractivity contribution in [1.82, 2.24) is 15.0 Å². The van der Waals surface area contributed by atoms with Crippen LogP contribution in [0, 0.1) is 5.41 Å². The Hall–Kier alpha value is -2.71. The molecule has 0 bridgehead atoms. The molecule has 1 heterocycles. The second-order valence-corrected chi connectivity index (χ2v) is 6.28. The Labute approximate surface area is 145 Å². The molecule has 2 aromatic rings. The minimum atomic E-state index is -4.52. The third-order valence-electron chi connectivity index (χ3n) is 2.91. The molecule has 0 radical (unpaired) electrons. The summed E-state index contributed by atoms with van der Waals surface area (Å²) in [5.41, 5.74) is -0.950. The predicted molar refractivity (Wildman–Crippen MR) is 85.8 cm³/mol. The SMILES string of the molecule is N=C(Nc1cccc(C(F)(F)F)c1)c1nonc1NCCNS(N)(=O)=O. The van der Waals surface area contributed by atoms with Gasteiger partial charge in [0, 0.05) is 18.8 Å². The number of nitrogens with one attached hydrogen (secondary N) is 4. The van der Waals surface area contributed by atoms with Crippen LogP contribution in [0.5, 0.6) is 0 Å². The standard InChI is InChI=1S/C12H14F3N7O3S/c13-12(14,15)7-2-1-3-8(6-7)20-10(16)9-11(22-25-21-9)18-4-5-19-26(17,23)24/h1-3,6,19H,4-5H2,(H2,16,20)(H,18,22)(H2,17,23,24). The lowest BCUT2D eigenvalue weighted by molar-refractivity contribution is -0.137. The predicted octanol–water partition coefficient (Wildman–Crippen LogP) is 0.731. The Balaban J connectivity index is 2.02. The first kappa shape index (κ1) is 19.6. The molecule has 0 fully saturated rings. The fourth-order valence-electron chi connectivity index (χ4n) is 1.82. The monoisotopic (exact) mass is 393 g/mol. The molecule has 0 saturated carbocycles. The van der Waals surface area contributed by atoms with Gasteiger partial charge in [0.2, 0.25) is 5.82 Å². The van der Waals surface area contributed by atoms with E-state index in [2.05, 4.69) is 25.6 Å². The highest BCUT2D eigenvalue weighted by Gasteiger charge is 2.30. The fourth-order valence-corrected chi connectivity index (χ4v) is 2.21. The van der Waals surface area contributed by atoms with E-state index in [1.165, 1.54) is 12.1 Å². The molecule has 142 valence electrons. The van der Waals surface area contributed by atoms with Crippen LogP contribution in [0.3, 0.4) is 0 Å². The molecule has 0 aliphatic heterocycles. The van der Waals surface area contributed by atoms with E-state index in [1.807, 2.05) is 4.72 Å². The van der Waals surface area contributed by atoms with Crippen molar-refractivity contribution in [2.24, 2.45) is 5.14 Å². The Morgan fingerprint density at radius 2 is 2.00 bits per heavy atom. The molecule has 0 spiro atoms. The van der Waals surface area contributed by atoms with Crippen molar-refractivity contribution in [2.45, 2.75) is 6.18 Å². The molecule has 0 amide bonds. The number of anilines is 2. The Morgan fingerprint density at radius 3 is 2.65 bits per heavy atom. The number of aromatic nitrogens is 2. The molecule has 0 unspecified atom stereocenters. The van der Waals surface area contributed by atoms with Crippen LogP contribution in [-0.4, -0.2) is 37.7 Å². The Kier molecular flexibility index (Phi) is 5.79. The lowest BCUT2D eigenvalue weighted by atomic mass is 10.2. The summed E-state index contributed by atoms with van der Waals surface area (Å²) >= 11 is 0. The summed E-state index contributed by atoms with van der Waals surface area (Å²) in [7, 11) is -3.84. The van der Waals surface area contributed by atoms with Gasteiger partial charge in [0.15, 0.2) is 11.5 Å². The zero-order valence-electron chi connectivity index (χ0n) is 13.0. The number of halogens is 3. The maximum Gasteiger partial charge on any atom is 0.416 e. The molecule has 2 rings (SSSR count). The van der Waals surface area contributed by atoms with Gasteiger partial charge < -0.3 is 10.6 Å². The van der Waals surface area contributed by atoms with Crippen LogP contribution in [0.15, 0.2) is 28.9 Å². The normalized spacial score (nSPS) is 12.0. The molecular formula is C12H14F3N7O3S. The highest BCUT2D eigenvalue weighted by atomic mass is 32.2. The van der Waals surface area contributed by atoms with Crippen LogP contribution in [0.1, 0.15) is 11.3 Å². The lowest BCUT2D eigenvalue weighted by Crippen LogP contribution is -2.34. The largest absolute Gasteiger partial charge is 0.416 e.